The zero-order valence-electron chi connectivity index (χ0n) is 13.0. The molecule has 0 N–H and O–H groups in total. The molecule has 0 spiro atoms. The Morgan fingerprint density at radius 3 is 2.48 bits per heavy atom. The Bertz CT molecular complexity index is 505. The molecule has 2 aromatic rings. The Balaban J connectivity index is 1.61. The molecule has 114 valence electrons. The summed E-state index contributed by atoms with van der Waals surface area (Å²) in [6, 6.07) is 8.79. The van der Waals surface area contributed by atoms with E-state index in [0.717, 1.165) is 0 Å². The molecule has 0 radical (unpaired) electrons. The van der Waals surface area contributed by atoms with Crippen LogP contribution in [0.5, 0.6) is 0 Å². The third-order valence-corrected chi connectivity index (χ3v) is 5.76. The highest BCUT2D eigenvalue weighted by Crippen LogP contribution is 2.32. The summed E-state index contributed by atoms with van der Waals surface area (Å²) in [7, 11) is 0. The largest absolute Gasteiger partial charge is 0.143 e. The predicted molar refractivity (Wildman–Crippen MR) is 99.3 cm³/mol. The normalized spacial score (nSPS) is 11.5. The van der Waals surface area contributed by atoms with Crippen LogP contribution in [0.4, 0.5) is 0 Å². The van der Waals surface area contributed by atoms with Gasteiger partial charge in [0.2, 0.25) is 0 Å². The monoisotopic (exact) mass is 318 g/mol. The van der Waals surface area contributed by atoms with E-state index in [2.05, 4.69) is 48.7 Å². The molecule has 0 aliphatic rings. The molecule has 0 saturated heterocycles. The number of hydrogen-bond donors (Lipinski definition) is 0. The minimum Gasteiger partial charge on any atom is -0.143 e. The summed E-state index contributed by atoms with van der Waals surface area (Å²) in [6.07, 6.45) is 15.6. The highest BCUT2D eigenvalue weighted by Gasteiger charge is 2.01. The first kappa shape index (κ1) is 16.5. The van der Waals surface area contributed by atoms with Crippen LogP contribution in [-0.4, -0.2) is 0 Å². The van der Waals surface area contributed by atoms with Gasteiger partial charge in [-0.25, -0.2) is 0 Å². The fourth-order valence-electron chi connectivity index (χ4n) is 2.41. The van der Waals surface area contributed by atoms with Crippen molar-refractivity contribution in [3.05, 3.63) is 40.6 Å². The maximum Gasteiger partial charge on any atom is 0.0448 e. The first-order valence-electron chi connectivity index (χ1n) is 8.20. The van der Waals surface area contributed by atoms with E-state index >= 15 is 0 Å². The number of hydrogen-bond acceptors (Lipinski definition) is 2. The molecule has 0 saturated carbocycles. The van der Waals surface area contributed by atoms with Crippen molar-refractivity contribution in [2.24, 2.45) is 0 Å². The van der Waals surface area contributed by atoms with Gasteiger partial charge in [-0.1, -0.05) is 57.6 Å². The van der Waals surface area contributed by atoms with Crippen LogP contribution in [-0.2, 0) is 0 Å². The minimum absolute atomic E-state index is 1.22. The lowest BCUT2D eigenvalue weighted by Crippen LogP contribution is -1.78. The molecule has 0 atom stereocenters. The fraction of sp³-hybridized carbons (Fsp3) is 0.474. The van der Waals surface area contributed by atoms with Crippen LogP contribution < -0.4 is 0 Å². The molecule has 0 nitrogen and oxygen atoms in total. The van der Waals surface area contributed by atoms with Gasteiger partial charge >= 0.3 is 0 Å². The van der Waals surface area contributed by atoms with Gasteiger partial charge in [0.25, 0.3) is 0 Å². The quantitative estimate of drug-likeness (QED) is 0.395. The zero-order chi connectivity index (χ0) is 14.8. The van der Waals surface area contributed by atoms with Crippen molar-refractivity contribution in [1.82, 2.24) is 0 Å². The van der Waals surface area contributed by atoms with Crippen molar-refractivity contribution in [3.8, 4) is 9.75 Å². The molecular formula is C19H26S2. The number of rotatable bonds is 10. The Morgan fingerprint density at radius 2 is 1.71 bits per heavy atom. The average Bonchev–Trinajstić information content (AvgIpc) is 3.16. The van der Waals surface area contributed by atoms with Crippen molar-refractivity contribution in [2.75, 3.05) is 0 Å². The number of unbranched alkanes of at least 4 members (excludes halogenated alkanes) is 7. The fourth-order valence-corrected chi connectivity index (χ4v) is 4.19. The van der Waals surface area contributed by atoms with Gasteiger partial charge in [-0.3, -0.25) is 0 Å². The first-order valence-corrected chi connectivity index (χ1v) is 9.90. The summed E-state index contributed by atoms with van der Waals surface area (Å²) in [4.78, 5) is 4.15. The molecule has 2 aromatic heterocycles. The highest BCUT2D eigenvalue weighted by atomic mass is 32.1. The highest BCUT2D eigenvalue weighted by molar-refractivity contribution is 7.21. The summed E-state index contributed by atoms with van der Waals surface area (Å²) in [5, 5.41) is 2.14. The van der Waals surface area contributed by atoms with Gasteiger partial charge in [0.1, 0.15) is 0 Å². The van der Waals surface area contributed by atoms with E-state index in [-0.39, 0.29) is 0 Å². The summed E-state index contributed by atoms with van der Waals surface area (Å²) < 4.78 is 0. The van der Waals surface area contributed by atoms with Crippen LogP contribution in [0.3, 0.4) is 0 Å². The van der Waals surface area contributed by atoms with E-state index in [1.165, 1.54) is 66.0 Å². The third-order valence-electron chi connectivity index (χ3n) is 3.65. The second-order valence-electron chi connectivity index (χ2n) is 5.49. The smallest absolute Gasteiger partial charge is 0.0448 e. The molecule has 0 aromatic carbocycles. The van der Waals surface area contributed by atoms with Gasteiger partial charge < -0.3 is 0 Å². The standard InChI is InChI=1S/C19H26S2/c1-2-3-4-5-6-7-8-9-10-12-17-14-15-19(21-17)18-13-11-16-20-18/h10-16H,2-9H2,1H3. The predicted octanol–water partition coefficient (Wildman–Crippen LogP) is 7.63. The van der Waals surface area contributed by atoms with Crippen molar-refractivity contribution >= 4 is 28.7 Å². The molecule has 21 heavy (non-hydrogen) atoms. The Labute approximate surface area is 137 Å². The third kappa shape index (κ3) is 6.19. The van der Waals surface area contributed by atoms with E-state index in [4.69, 9.17) is 0 Å². The Hall–Kier alpha value is -0.860. The SMILES string of the molecule is CCCCCCCCCC=Cc1ccc(-c2cccs2)s1. The van der Waals surface area contributed by atoms with Crippen LogP contribution in [0.2, 0.25) is 0 Å². The minimum atomic E-state index is 1.22. The summed E-state index contributed by atoms with van der Waals surface area (Å²) >= 11 is 3.71. The Kier molecular flexibility index (Phi) is 7.83. The van der Waals surface area contributed by atoms with Crippen LogP contribution >= 0.6 is 22.7 Å². The van der Waals surface area contributed by atoms with Crippen LogP contribution in [0.15, 0.2) is 35.7 Å². The van der Waals surface area contributed by atoms with Crippen molar-refractivity contribution in [3.63, 3.8) is 0 Å². The van der Waals surface area contributed by atoms with Crippen LogP contribution in [0.25, 0.3) is 15.8 Å². The molecule has 0 unspecified atom stereocenters. The Morgan fingerprint density at radius 1 is 0.905 bits per heavy atom. The maximum atomic E-state index is 2.34. The van der Waals surface area contributed by atoms with Crippen LogP contribution in [0, 0.1) is 0 Å². The van der Waals surface area contributed by atoms with E-state index in [1.54, 1.807) is 0 Å². The maximum absolute atomic E-state index is 2.34. The van der Waals surface area contributed by atoms with Crippen molar-refractivity contribution in [2.45, 2.75) is 58.3 Å². The molecule has 0 aliphatic heterocycles. The molecule has 0 amide bonds. The van der Waals surface area contributed by atoms with Gasteiger partial charge in [0.15, 0.2) is 0 Å². The number of allylic oxidation sites excluding steroid dienone is 1. The van der Waals surface area contributed by atoms with E-state index in [1.807, 2.05) is 22.7 Å². The summed E-state index contributed by atoms with van der Waals surface area (Å²) in [5.74, 6) is 0. The molecule has 2 heterocycles. The average molecular weight is 319 g/mol. The van der Waals surface area contributed by atoms with Gasteiger partial charge in [0.05, 0.1) is 0 Å². The molecule has 2 rings (SSSR count). The topological polar surface area (TPSA) is 0 Å². The molecule has 0 fully saturated rings. The summed E-state index contributed by atoms with van der Waals surface area (Å²) in [5.41, 5.74) is 0. The van der Waals surface area contributed by atoms with Crippen LogP contribution in [0.1, 0.15) is 63.2 Å². The van der Waals surface area contributed by atoms with Gasteiger partial charge in [-0.2, -0.15) is 0 Å². The second-order valence-corrected chi connectivity index (χ2v) is 7.55. The number of thiophene rings is 2. The second kappa shape index (κ2) is 9.97. The molecule has 2 heteroatoms. The van der Waals surface area contributed by atoms with E-state index in [0.29, 0.717) is 0 Å². The molecule has 0 aliphatic carbocycles. The van der Waals surface area contributed by atoms with Gasteiger partial charge in [0, 0.05) is 14.6 Å². The lowest BCUT2D eigenvalue weighted by molar-refractivity contribution is 0.592. The molecular weight excluding hydrogens is 292 g/mol. The first-order chi connectivity index (χ1) is 10.4. The van der Waals surface area contributed by atoms with Gasteiger partial charge in [-0.05, 0) is 42.5 Å². The lowest BCUT2D eigenvalue weighted by Gasteiger charge is -1.98. The lowest BCUT2D eigenvalue weighted by atomic mass is 10.1. The summed E-state index contributed by atoms with van der Waals surface area (Å²) in [6.45, 7) is 2.28. The van der Waals surface area contributed by atoms with E-state index < -0.39 is 0 Å². The zero-order valence-corrected chi connectivity index (χ0v) is 14.6. The van der Waals surface area contributed by atoms with E-state index in [9.17, 15) is 0 Å². The van der Waals surface area contributed by atoms with Gasteiger partial charge in [-0.15, -0.1) is 22.7 Å². The van der Waals surface area contributed by atoms with Crippen molar-refractivity contribution in [1.29, 1.82) is 0 Å². The molecule has 0 bridgehead atoms. The van der Waals surface area contributed by atoms with Crippen molar-refractivity contribution < 1.29 is 0 Å².